The van der Waals surface area contributed by atoms with Gasteiger partial charge in [-0.3, -0.25) is 19.2 Å². The molecule has 1 heterocycles. The molecule has 0 N–H and O–H groups in total. The van der Waals surface area contributed by atoms with Crippen LogP contribution in [-0.2, 0) is 38.1 Å². The summed E-state index contributed by atoms with van der Waals surface area (Å²) in [6.45, 7) is 10.2. The average Bonchev–Trinajstić information content (AvgIpc) is 4.26. The molecule has 3 saturated carbocycles. The van der Waals surface area contributed by atoms with Gasteiger partial charge in [0.15, 0.2) is 6.10 Å². The number of unbranched alkanes of at least 4 members (excludes halogenated alkanes) is 18. The van der Waals surface area contributed by atoms with Crippen LogP contribution in [0, 0.1) is 40.9 Å². The van der Waals surface area contributed by atoms with E-state index in [4.69, 9.17) is 18.9 Å². The van der Waals surface area contributed by atoms with Crippen molar-refractivity contribution in [3.05, 3.63) is 12.2 Å². The van der Waals surface area contributed by atoms with Crippen molar-refractivity contribution >= 4 is 23.9 Å². The molecule has 1 saturated heterocycles. The summed E-state index contributed by atoms with van der Waals surface area (Å²) in [7, 11) is 2.09. The number of hydrogen-bond donors (Lipinski definition) is 0. The molecule has 8 atom stereocenters. The SMILES string of the molecule is CC/C=C\CC1C(CC(=O)OCC(COC(=O)CCCCCCCC2CC2CCCCCCCC)OC(=O)CCCCCCCC2CC2CCCCCCCC)CCC1OC(=O)C1(C)CCN(C)CC1. The second-order valence-corrected chi connectivity index (χ2v) is 23.3. The maximum atomic E-state index is 13.5. The number of carbonyl (C=O) groups is 4. The van der Waals surface area contributed by atoms with Crippen molar-refractivity contribution in [2.45, 2.75) is 277 Å². The Morgan fingerprint density at radius 2 is 1.01 bits per heavy atom. The fourth-order valence-corrected chi connectivity index (χ4v) is 11.8. The van der Waals surface area contributed by atoms with Gasteiger partial charge in [0.05, 0.1) is 5.41 Å². The van der Waals surface area contributed by atoms with Gasteiger partial charge in [0.2, 0.25) is 0 Å². The molecule has 0 bridgehead atoms. The predicted octanol–water partition coefficient (Wildman–Crippen LogP) is 15.6. The number of likely N-dealkylation sites (tertiary alicyclic amines) is 1. The minimum Gasteiger partial charge on any atom is -0.462 e. The van der Waals surface area contributed by atoms with Gasteiger partial charge in [-0.25, -0.2) is 0 Å². The van der Waals surface area contributed by atoms with Crippen LogP contribution in [0.5, 0.6) is 0 Å². The summed E-state index contributed by atoms with van der Waals surface area (Å²) in [4.78, 5) is 55.4. The third-order valence-corrected chi connectivity index (χ3v) is 17.1. The van der Waals surface area contributed by atoms with E-state index >= 15 is 0 Å². The first-order valence-electron chi connectivity index (χ1n) is 30.1. The molecule has 0 radical (unpaired) electrons. The summed E-state index contributed by atoms with van der Waals surface area (Å²) < 4.78 is 23.6. The van der Waals surface area contributed by atoms with Crippen LogP contribution in [0.3, 0.4) is 0 Å². The first-order chi connectivity index (χ1) is 34.0. The van der Waals surface area contributed by atoms with E-state index in [0.717, 1.165) is 114 Å². The molecule has 4 fully saturated rings. The van der Waals surface area contributed by atoms with Gasteiger partial charge in [0.25, 0.3) is 0 Å². The molecule has 404 valence electrons. The molecule has 0 aromatic carbocycles. The Kier molecular flexibility index (Phi) is 30.7. The van der Waals surface area contributed by atoms with Crippen LogP contribution in [0.15, 0.2) is 12.2 Å². The highest BCUT2D eigenvalue weighted by Crippen LogP contribution is 2.47. The monoisotopic (exact) mass is 982 g/mol. The zero-order chi connectivity index (χ0) is 50.2. The van der Waals surface area contributed by atoms with Crippen LogP contribution in [0.1, 0.15) is 265 Å². The highest BCUT2D eigenvalue weighted by Gasteiger charge is 2.44. The van der Waals surface area contributed by atoms with E-state index in [2.05, 4.69) is 44.9 Å². The Labute approximate surface area is 429 Å². The summed E-state index contributed by atoms with van der Waals surface area (Å²) in [6, 6.07) is 0. The van der Waals surface area contributed by atoms with E-state index in [9.17, 15) is 19.2 Å². The molecular weight excluding hydrogens is 875 g/mol. The second-order valence-electron chi connectivity index (χ2n) is 23.3. The van der Waals surface area contributed by atoms with Crippen LogP contribution < -0.4 is 0 Å². The molecule has 9 nitrogen and oxygen atoms in total. The highest BCUT2D eigenvalue weighted by molar-refractivity contribution is 5.77. The van der Waals surface area contributed by atoms with E-state index < -0.39 is 11.5 Å². The molecule has 4 aliphatic rings. The van der Waals surface area contributed by atoms with Gasteiger partial charge in [-0.1, -0.05) is 187 Å². The lowest BCUT2D eigenvalue weighted by Gasteiger charge is -2.37. The lowest BCUT2D eigenvalue weighted by atomic mass is 9.80. The zero-order valence-corrected chi connectivity index (χ0v) is 46.0. The Morgan fingerprint density at radius 1 is 0.557 bits per heavy atom. The van der Waals surface area contributed by atoms with Crippen LogP contribution in [0.25, 0.3) is 0 Å². The quantitative estimate of drug-likeness (QED) is 0.0256. The number of allylic oxidation sites excluding steroid dienone is 2. The van der Waals surface area contributed by atoms with Crippen molar-refractivity contribution in [2.24, 2.45) is 40.9 Å². The Hall–Kier alpha value is -2.42. The second kappa shape index (κ2) is 35.7. The van der Waals surface area contributed by atoms with Crippen LogP contribution >= 0.6 is 0 Å². The molecule has 4 rings (SSSR count). The molecule has 8 unspecified atom stereocenters. The fraction of sp³-hybridized carbons (Fsp3) is 0.902. The largest absolute Gasteiger partial charge is 0.462 e. The lowest BCUT2D eigenvalue weighted by molar-refractivity contribution is -0.167. The van der Waals surface area contributed by atoms with Crippen molar-refractivity contribution in [3.63, 3.8) is 0 Å². The summed E-state index contributed by atoms with van der Waals surface area (Å²) in [5.41, 5.74) is -0.484. The van der Waals surface area contributed by atoms with Crippen molar-refractivity contribution in [2.75, 3.05) is 33.4 Å². The van der Waals surface area contributed by atoms with E-state index in [1.807, 2.05) is 6.92 Å². The number of ether oxygens (including phenoxy) is 4. The Morgan fingerprint density at radius 3 is 1.51 bits per heavy atom. The normalized spacial score (nSPS) is 24.4. The molecule has 3 aliphatic carbocycles. The summed E-state index contributed by atoms with van der Waals surface area (Å²) in [5.74, 6) is 2.76. The fourth-order valence-electron chi connectivity index (χ4n) is 11.8. The molecule has 1 aliphatic heterocycles. The molecule has 0 spiro atoms. The van der Waals surface area contributed by atoms with Crippen molar-refractivity contribution in [1.29, 1.82) is 0 Å². The standard InChI is InChI=1S/C61H107NO8/c1-6-9-12-14-18-25-31-49-44-51(49)33-27-20-16-22-29-36-57(63)67-47-54(69-58(64)37-30-23-17-21-28-34-52-45-50(52)32-26-19-15-13-10-7-2)48-68-59(65)46-53-38-39-56(55(53)35-24-11-8-3)70-60(66)61(4)40-42-62(5)43-41-61/h11,24,49-56H,6-10,12-23,25-48H2,1-5H3/b24-11-. The van der Waals surface area contributed by atoms with E-state index in [0.29, 0.717) is 12.8 Å². The smallest absolute Gasteiger partial charge is 0.312 e. The minimum absolute atomic E-state index is 0.00673. The zero-order valence-electron chi connectivity index (χ0n) is 46.0. The Bertz CT molecular complexity index is 1460. The molecule has 70 heavy (non-hydrogen) atoms. The first-order valence-corrected chi connectivity index (χ1v) is 30.1. The van der Waals surface area contributed by atoms with Crippen molar-refractivity contribution in [3.8, 4) is 0 Å². The van der Waals surface area contributed by atoms with Crippen LogP contribution in [0.2, 0.25) is 0 Å². The van der Waals surface area contributed by atoms with Gasteiger partial charge in [-0.15, -0.1) is 0 Å². The summed E-state index contributed by atoms with van der Waals surface area (Å²) in [5, 5.41) is 0. The van der Waals surface area contributed by atoms with Crippen LogP contribution in [0.4, 0.5) is 0 Å². The number of esters is 4. The Balaban J connectivity index is 1.15. The molecule has 0 aromatic heterocycles. The number of piperidine rings is 1. The average molecular weight is 983 g/mol. The number of hydrogen-bond acceptors (Lipinski definition) is 9. The third-order valence-electron chi connectivity index (χ3n) is 17.1. The van der Waals surface area contributed by atoms with Gasteiger partial charge in [0.1, 0.15) is 19.3 Å². The van der Waals surface area contributed by atoms with E-state index in [1.54, 1.807) is 0 Å². The van der Waals surface area contributed by atoms with Gasteiger partial charge in [0, 0.05) is 25.2 Å². The van der Waals surface area contributed by atoms with Gasteiger partial charge >= 0.3 is 23.9 Å². The number of carbonyl (C=O) groups excluding carboxylic acids is 4. The third kappa shape index (κ3) is 25.5. The molecular formula is C61H107NO8. The van der Waals surface area contributed by atoms with Gasteiger partial charge in [-0.05, 0) is 121 Å². The molecule has 0 aromatic rings. The maximum Gasteiger partial charge on any atom is 0.312 e. The van der Waals surface area contributed by atoms with Crippen molar-refractivity contribution < 1.29 is 38.1 Å². The number of nitrogens with zero attached hydrogens (tertiary/aromatic N) is 1. The topological polar surface area (TPSA) is 108 Å². The lowest BCUT2D eigenvalue weighted by Crippen LogP contribution is -2.43. The van der Waals surface area contributed by atoms with Gasteiger partial charge < -0.3 is 23.8 Å². The number of rotatable bonds is 42. The summed E-state index contributed by atoms with van der Waals surface area (Å²) in [6.07, 6.45) is 44.6. The van der Waals surface area contributed by atoms with E-state index in [1.165, 1.54) is 141 Å². The first kappa shape index (κ1) is 60.1. The van der Waals surface area contributed by atoms with E-state index in [-0.39, 0.29) is 61.5 Å². The van der Waals surface area contributed by atoms with Crippen molar-refractivity contribution in [1.82, 2.24) is 4.90 Å². The maximum absolute atomic E-state index is 13.5. The highest BCUT2D eigenvalue weighted by atomic mass is 16.6. The molecule has 9 heteroatoms. The predicted molar refractivity (Wildman–Crippen MR) is 285 cm³/mol. The summed E-state index contributed by atoms with van der Waals surface area (Å²) >= 11 is 0. The van der Waals surface area contributed by atoms with Crippen LogP contribution in [-0.4, -0.2) is 74.3 Å². The molecule has 0 amide bonds. The minimum atomic E-state index is -0.855. The van der Waals surface area contributed by atoms with Gasteiger partial charge in [-0.2, -0.15) is 0 Å².